The van der Waals surface area contributed by atoms with Gasteiger partial charge in [0.2, 0.25) is 5.91 Å². The number of hydrogen-bond donors (Lipinski definition) is 0. The largest absolute Gasteiger partial charge is 0.378 e. The molecule has 31 heavy (non-hydrogen) atoms. The van der Waals surface area contributed by atoms with Gasteiger partial charge in [-0.3, -0.25) is 14.6 Å². The van der Waals surface area contributed by atoms with E-state index in [1.54, 1.807) is 18.2 Å². The zero-order chi connectivity index (χ0) is 22.2. The zero-order valence-corrected chi connectivity index (χ0v) is 19.2. The second-order valence-electron chi connectivity index (χ2n) is 8.96. The maximum atomic E-state index is 13.9. The van der Waals surface area contributed by atoms with Crippen LogP contribution in [0.5, 0.6) is 0 Å². The molecule has 1 amide bonds. The lowest BCUT2D eigenvalue weighted by Gasteiger charge is -2.54. The Hall–Kier alpha value is -0.990. The Bertz CT molecular complexity index is 801. The van der Waals surface area contributed by atoms with Gasteiger partial charge in [0.15, 0.2) is 0 Å². The number of alkyl halides is 2. The van der Waals surface area contributed by atoms with Crippen molar-refractivity contribution in [3.63, 3.8) is 0 Å². The predicted octanol–water partition coefficient (Wildman–Crippen LogP) is 3.57. The molecule has 1 aromatic carbocycles. The lowest BCUT2D eigenvalue weighted by molar-refractivity contribution is -0.157. The molecule has 3 fully saturated rings. The molecule has 5 nitrogen and oxygen atoms in total. The number of carbonyl (C=O) groups is 1. The summed E-state index contributed by atoms with van der Waals surface area (Å²) in [5.41, 5.74) is 0.795. The number of piperazine rings is 1. The normalized spacial score (nSPS) is 28.0. The van der Waals surface area contributed by atoms with Gasteiger partial charge in [-0.15, -0.1) is 0 Å². The van der Waals surface area contributed by atoms with Crippen LogP contribution in [0.3, 0.4) is 0 Å². The molecule has 1 aromatic rings. The van der Waals surface area contributed by atoms with E-state index in [1.807, 2.05) is 9.80 Å². The molecule has 0 saturated carbocycles. The van der Waals surface area contributed by atoms with Crippen molar-refractivity contribution in [1.29, 1.82) is 0 Å². The first kappa shape index (κ1) is 23.2. The maximum Gasteiger partial charge on any atom is 0.257 e. The number of fused-ring (bicyclic) bond motifs is 1. The molecule has 0 bridgehead atoms. The molecule has 9 heteroatoms. The van der Waals surface area contributed by atoms with Crippen LogP contribution in [0.2, 0.25) is 10.0 Å². The smallest absolute Gasteiger partial charge is 0.257 e. The molecular formula is C22H29Cl2F2N3O2. The number of rotatable bonds is 5. The highest BCUT2D eigenvalue weighted by molar-refractivity contribution is 6.42. The number of carbonyl (C=O) groups excluding carboxylic acids is 1. The molecule has 1 unspecified atom stereocenters. The number of likely N-dealkylation sites (tertiary alicyclic amines) is 1. The summed E-state index contributed by atoms with van der Waals surface area (Å²) in [4.78, 5) is 19.5. The molecule has 0 aromatic heterocycles. The summed E-state index contributed by atoms with van der Waals surface area (Å²) in [6, 6.07) is 4.83. The molecular weight excluding hydrogens is 447 g/mol. The third kappa shape index (κ3) is 5.33. The van der Waals surface area contributed by atoms with Crippen LogP contribution < -0.4 is 0 Å². The minimum absolute atomic E-state index is 0.0117. The van der Waals surface area contributed by atoms with Crippen LogP contribution in [0.1, 0.15) is 25.3 Å². The Morgan fingerprint density at radius 1 is 1.10 bits per heavy atom. The van der Waals surface area contributed by atoms with Crippen molar-refractivity contribution in [2.24, 2.45) is 0 Å². The van der Waals surface area contributed by atoms with E-state index in [-0.39, 0.29) is 37.0 Å². The van der Waals surface area contributed by atoms with Crippen LogP contribution in [0.15, 0.2) is 18.2 Å². The van der Waals surface area contributed by atoms with Crippen LogP contribution in [0.25, 0.3) is 0 Å². The van der Waals surface area contributed by atoms with Crippen LogP contribution >= 0.6 is 23.2 Å². The first-order valence-electron chi connectivity index (χ1n) is 10.9. The molecule has 3 aliphatic heterocycles. The van der Waals surface area contributed by atoms with Crippen molar-refractivity contribution in [2.45, 2.75) is 50.2 Å². The van der Waals surface area contributed by atoms with Crippen LogP contribution in [0.4, 0.5) is 8.78 Å². The fourth-order valence-corrected chi connectivity index (χ4v) is 5.54. The molecule has 3 heterocycles. The summed E-state index contributed by atoms with van der Waals surface area (Å²) in [6.45, 7) is 4.27. The second-order valence-corrected chi connectivity index (χ2v) is 9.77. The SMILES string of the molecule is CC(F)(F)CN1CCN(C(=O)Cc2ccc(Cl)c(Cl)c2)[C@H]2C1COC[C@@H]2N1CCCC1. The molecule has 3 aliphatic rings. The van der Waals surface area contributed by atoms with E-state index in [4.69, 9.17) is 27.9 Å². The zero-order valence-electron chi connectivity index (χ0n) is 17.7. The topological polar surface area (TPSA) is 36.0 Å². The van der Waals surface area contributed by atoms with E-state index in [2.05, 4.69) is 4.90 Å². The van der Waals surface area contributed by atoms with E-state index in [0.29, 0.717) is 36.3 Å². The van der Waals surface area contributed by atoms with Crippen molar-refractivity contribution in [3.05, 3.63) is 33.8 Å². The van der Waals surface area contributed by atoms with Gasteiger partial charge >= 0.3 is 0 Å². The first-order chi connectivity index (χ1) is 14.7. The molecule has 3 saturated heterocycles. The summed E-state index contributed by atoms with van der Waals surface area (Å²) in [5.74, 6) is -2.81. The fourth-order valence-electron chi connectivity index (χ4n) is 5.22. The molecule has 0 N–H and O–H groups in total. The Labute approximate surface area is 192 Å². The van der Waals surface area contributed by atoms with E-state index in [1.165, 1.54) is 0 Å². The van der Waals surface area contributed by atoms with Crippen LogP contribution in [0, 0.1) is 0 Å². The van der Waals surface area contributed by atoms with Gasteiger partial charge in [-0.1, -0.05) is 29.3 Å². The average molecular weight is 476 g/mol. The minimum Gasteiger partial charge on any atom is -0.378 e. The standard InChI is InChI=1S/C22H29Cl2F2N3O2/c1-22(25,26)14-28-8-9-29(20(30)11-15-4-5-16(23)17(24)10-15)21-18(12-31-13-19(21)28)27-6-2-3-7-27/h4-5,10,18-19,21H,2-3,6-9,11-14H2,1H3/t18-,19?,21+/m0/s1. The Balaban J connectivity index is 1.58. The number of halogens is 4. The van der Waals surface area contributed by atoms with Crippen LogP contribution in [-0.2, 0) is 16.0 Å². The quantitative estimate of drug-likeness (QED) is 0.652. The van der Waals surface area contributed by atoms with Crippen molar-refractivity contribution >= 4 is 29.1 Å². The van der Waals surface area contributed by atoms with Crippen molar-refractivity contribution < 1.29 is 18.3 Å². The molecule has 0 spiro atoms. The fraction of sp³-hybridized carbons (Fsp3) is 0.682. The van der Waals surface area contributed by atoms with Gasteiger partial charge in [0.1, 0.15) is 0 Å². The highest BCUT2D eigenvalue weighted by Gasteiger charge is 2.49. The van der Waals surface area contributed by atoms with Gasteiger partial charge in [0.25, 0.3) is 5.92 Å². The Kier molecular flexibility index (Phi) is 7.08. The monoisotopic (exact) mass is 475 g/mol. The van der Waals surface area contributed by atoms with E-state index in [9.17, 15) is 13.6 Å². The summed E-state index contributed by atoms with van der Waals surface area (Å²) in [7, 11) is 0. The predicted molar refractivity (Wildman–Crippen MR) is 117 cm³/mol. The average Bonchev–Trinajstić information content (AvgIpc) is 3.24. The molecule has 0 radical (unpaired) electrons. The molecule has 3 atom stereocenters. The Morgan fingerprint density at radius 2 is 1.81 bits per heavy atom. The first-order valence-corrected chi connectivity index (χ1v) is 11.7. The van der Waals surface area contributed by atoms with Crippen molar-refractivity contribution in [3.8, 4) is 0 Å². The summed E-state index contributed by atoms with van der Waals surface area (Å²) >= 11 is 12.1. The number of amides is 1. The number of hydrogen-bond acceptors (Lipinski definition) is 4. The van der Waals surface area contributed by atoms with Gasteiger partial charge in [-0.25, -0.2) is 8.78 Å². The van der Waals surface area contributed by atoms with Crippen LogP contribution in [-0.4, -0.2) is 90.6 Å². The number of benzene rings is 1. The van der Waals surface area contributed by atoms with E-state index >= 15 is 0 Å². The lowest BCUT2D eigenvalue weighted by atomic mass is 9.90. The summed E-state index contributed by atoms with van der Waals surface area (Å²) in [5, 5.41) is 0.867. The minimum atomic E-state index is -2.79. The summed E-state index contributed by atoms with van der Waals surface area (Å²) in [6.07, 6.45) is 2.43. The molecule has 0 aliphatic carbocycles. The van der Waals surface area contributed by atoms with Gasteiger partial charge in [0, 0.05) is 20.0 Å². The number of ether oxygens (including phenoxy) is 1. The highest BCUT2D eigenvalue weighted by atomic mass is 35.5. The highest BCUT2D eigenvalue weighted by Crippen LogP contribution is 2.32. The third-order valence-corrected chi connectivity index (χ3v) is 7.31. The van der Waals surface area contributed by atoms with Crippen molar-refractivity contribution in [1.82, 2.24) is 14.7 Å². The van der Waals surface area contributed by atoms with E-state index < -0.39 is 5.92 Å². The van der Waals surface area contributed by atoms with Crippen molar-refractivity contribution in [2.75, 3.05) is 45.9 Å². The Morgan fingerprint density at radius 3 is 2.48 bits per heavy atom. The molecule has 172 valence electrons. The van der Waals surface area contributed by atoms with Gasteiger partial charge < -0.3 is 9.64 Å². The number of nitrogens with zero attached hydrogens (tertiary/aromatic N) is 3. The van der Waals surface area contributed by atoms with Gasteiger partial charge in [-0.05, 0) is 43.6 Å². The van der Waals surface area contributed by atoms with Gasteiger partial charge in [0.05, 0.1) is 54.4 Å². The summed E-state index contributed by atoms with van der Waals surface area (Å²) < 4.78 is 33.6. The second kappa shape index (κ2) is 9.48. The molecule has 4 rings (SSSR count). The van der Waals surface area contributed by atoms with E-state index in [0.717, 1.165) is 38.4 Å². The van der Waals surface area contributed by atoms with Gasteiger partial charge in [-0.2, -0.15) is 0 Å². The maximum absolute atomic E-state index is 13.9. The lowest BCUT2D eigenvalue weighted by Crippen LogP contribution is -2.72. The third-order valence-electron chi connectivity index (χ3n) is 6.57.